The molecule has 1 aromatic heterocycles. The highest BCUT2D eigenvalue weighted by molar-refractivity contribution is 5.05. The summed E-state index contributed by atoms with van der Waals surface area (Å²) in [6.07, 6.45) is 1.45. The van der Waals surface area contributed by atoms with Crippen molar-refractivity contribution in [3.8, 4) is 0 Å². The Morgan fingerprint density at radius 3 is 2.64 bits per heavy atom. The van der Waals surface area contributed by atoms with Gasteiger partial charge >= 0.3 is 0 Å². The summed E-state index contributed by atoms with van der Waals surface area (Å²) in [5.74, 6) is 1.60. The van der Waals surface area contributed by atoms with E-state index in [1.807, 2.05) is 13.8 Å². The van der Waals surface area contributed by atoms with E-state index in [9.17, 15) is 0 Å². The second-order valence-corrected chi connectivity index (χ2v) is 2.58. The summed E-state index contributed by atoms with van der Waals surface area (Å²) < 4.78 is 5.29. The SMILES string of the molecule is Cc1nc(CCCO)oc1C. The minimum Gasteiger partial charge on any atom is -0.446 e. The fourth-order valence-corrected chi connectivity index (χ4v) is 0.876. The average molecular weight is 155 g/mol. The van der Waals surface area contributed by atoms with E-state index in [-0.39, 0.29) is 6.61 Å². The number of aryl methyl sites for hydroxylation is 3. The molecule has 62 valence electrons. The molecule has 3 heteroatoms. The first-order valence-corrected chi connectivity index (χ1v) is 3.78. The van der Waals surface area contributed by atoms with Gasteiger partial charge in [0, 0.05) is 13.0 Å². The summed E-state index contributed by atoms with van der Waals surface area (Å²) in [6.45, 7) is 4.01. The molecule has 0 fully saturated rings. The molecule has 0 atom stereocenters. The summed E-state index contributed by atoms with van der Waals surface area (Å²) in [5.41, 5.74) is 0.943. The molecule has 0 aliphatic heterocycles. The van der Waals surface area contributed by atoms with Crippen LogP contribution in [-0.4, -0.2) is 16.7 Å². The number of aliphatic hydroxyl groups excluding tert-OH is 1. The number of hydrogen-bond donors (Lipinski definition) is 1. The summed E-state index contributed by atoms with van der Waals surface area (Å²) in [4.78, 5) is 4.17. The van der Waals surface area contributed by atoms with Crippen molar-refractivity contribution in [3.63, 3.8) is 0 Å². The Morgan fingerprint density at radius 2 is 2.18 bits per heavy atom. The molecular weight excluding hydrogens is 142 g/mol. The molecule has 0 saturated heterocycles. The van der Waals surface area contributed by atoms with E-state index in [2.05, 4.69) is 4.98 Å². The van der Waals surface area contributed by atoms with Gasteiger partial charge in [0.1, 0.15) is 5.76 Å². The topological polar surface area (TPSA) is 46.3 Å². The monoisotopic (exact) mass is 155 g/mol. The van der Waals surface area contributed by atoms with Crippen LogP contribution in [-0.2, 0) is 6.42 Å². The van der Waals surface area contributed by atoms with Crippen molar-refractivity contribution in [1.29, 1.82) is 0 Å². The highest BCUT2D eigenvalue weighted by atomic mass is 16.4. The molecule has 3 nitrogen and oxygen atoms in total. The normalized spacial score (nSPS) is 10.5. The Labute approximate surface area is 66.1 Å². The molecule has 1 rings (SSSR count). The van der Waals surface area contributed by atoms with Gasteiger partial charge in [0.25, 0.3) is 0 Å². The lowest BCUT2D eigenvalue weighted by molar-refractivity contribution is 0.282. The van der Waals surface area contributed by atoms with Gasteiger partial charge < -0.3 is 9.52 Å². The Bertz CT molecular complexity index is 210. The molecule has 0 spiro atoms. The molecule has 0 bridgehead atoms. The maximum absolute atomic E-state index is 8.53. The molecule has 0 radical (unpaired) electrons. The van der Waals surface area contributed by atoms with Gasteiger partial charge in [0.15, 0.2) is 5.89 Å². The first kappa shape index (κ1) is 8.27. The predicted octanol–water partition coefficient (Wildman–Crippen LogP) is 1.22. The van der Waals surface area contributed by atoms with Crippen molar-refractivity contribution in [1.82, 2.24) is 4.98 Å². The fourth-order valence-electron chi connectivity index (χ4n) is 0.876. The number of rotatable bonds is 3. The minimum atomic E-state index is 0.195. The third-order valence-corrected chi connectivity index (χ3v) is 1.62. The smallest absolute Gasteiger partial charge is 0.194 e. The van der Waals surface area contributed by atoms with Crippen molar-refractivity contribution in [3.05, 3.63) is 17.3 Å². The molecule has 0 aromatic carbocycles. The van der Waals surface area contributed by atoms with E-state index in [0.29, 0.717) is 0 Å². The molecule has 11 heavy (non-hydrogen) atoms. The Morgan fingerprint density at radius 1 is 1.45 bits per heavy atom. The second kappa shape index (κ2) is 3.53. The lowest BCUT2D eigenvalue weighted by Gasteiger charge is -1.89. The molecule has 1 aromatic rings. The number of hydrogen-bond acceptors (Lipinski definition) is 3. The number of oxazole rings is 1. The summed E-state index contributed by atoms with van der Waals surface area (Å²) in [6, 6.07) is 0. The highest BCUT2D eigenvalue weighted by Gasteiger charge is 2.03. The van der Waals surface area contributed by atoms with Crippen molar-refractivity contribution in [2.75, 3.05) is 6.61 Å². The minimum absolute atomic E-state index is 0.195. The summed E-state index contributed by atoms with van der Waals surface area (Å²) in [7, 11) is 0. The van der Waals surface area contributed by atoms with Crippen molar-refractivity contribution in [2.45, 2.75) is 26.7 Å². The van der Waals surface area contributed by atoms with E-state index in [0.717, 1.165) is 30.2 Å². The Hall–Kier alpha value is -0.830. The van der Waals surface area contributed by atoms with Crippen LogP contribution >= 0.6 is 0 Å². The molecule has 0 aliphatic carbocycles. The van der Waals surface area contributed by atoms with E-state index < -0.39 is 0 Å². The van der Waals surface area contributed by atoms with Gasteiger partial charge in [-0.15, -0.1) is 0 Å². The van der Waals surface area contributed by atoms with Gasteiger partial charge in [0.2, 0.25) is 0 Å². The maximum Gasteiger partial charge on any atom is 0.194 e. The summed E-state index contributed by atoms with van der Waals surface area (Å²) >= 11 is 0. The average Bonchev–Trinajstić information content (AvgIpc) is 2.28. The van der Waals surface area contributed by atoms with Crippen molar-refractivity contribution >= 4 is 0 Å². The molecule has 1 heterocycles. The van der Waals surface area contributed by atoms with Crippen LogP contribution in [0.4, 0.5) is 0 Å². The standard InChI is InChI=1S/C8H13NO2/c1-6-7(2)11-8(9-6)4-3-5-10/h10H,3-5H2,1-2H3. The van der Waals surface area contributed by atoms with Crippen LogP contribution in [0.5, 0.6) is 0 Å². The van der Waals surface area contributed by atoms with Gasteiger partial charge in [0.05, 0.1) is 5.69 Å². The molecule has 0 unspecified atom stereocenters. The quantitative estimate of drug-likeness (QED) is 0.713. The molecular formula is C8H13NO2. The number of aromatic nitrogens is 1. The van der Waals surface area contributed by atoms with Gasteiger partial charge in [-0.2, -0.15) is 0 Å². The second-order valence-electron chi connectivity index (χ2n) is 2.58. The molecule has 0 saturated carbocycles. The zero-order chi connectivity index (χ0) is 8.27. The first-order valence-electron chi connectivity index (χ1n) is 3.78. The molecule has 0 aliphatic rings. The van der Waals surface area contributed by atoms with Gasteiger partial charge in [-0.05, 0) is 20.3 Å². The van der Waals surface area contributed by atoms with Crippen LogP contribution in [0.3, 0.4) is 0 Å². The first-order chi connectivity index (χ1) is 5.24. The van der Waals surface area contributed by atoms with E-state index >= 15 is 0 Å². The highest BCUT2D eigenvalue weighted by Crippen LogP contribution is 2.09. The van der Waals surface area contributed by atoms with E-state index in [4.69, 9.17) is 9.52 Å². The largest absolute Gasteiger partial charge is 0.446 e. The zero-order valence-corrected chi connectivity index (χ0v) is 6.92. The number of nitrogens with zero attached hydrogens (tertiary/aromatic N) is 1. The molecule has 1 N–H and O–H groups in total. The van der Waals surface area contributed by atoms with E-state index in [1.165, 1.54) is 0 Å². The van der Waals surface area contributed by atoms with Crippen LogP contribution in [0.1, 0.15) is 23.8 Å². The lowest BCUT2D eigenvalue weighted by Crippen LogP contribution is -1.88. The maximum atomic E-state index is 8.53. The Kier molecular flexibility index (Phi) is 2.65. The van der Waals surface area contributed by atoms with Gasteiger partial charge in [-0.25, -0.2) is 4.98 Å². The van der Waals surface area contributed by atoms with Crippen LogP contribution in [0.25, 0.3) is 0 Å². The molecule has 0 amide bonds. The van der Waals surface area contributed by atoms with Crippen molar-refractivity contribution < 1.29 is 9.52 Å². The van der Waals surface area contributed by atoms with Crippen LogP contribution in [0, 0.1) is 13.8 Å². The van der Waals surface area contributed by atoms with Crippen LogP contribution in [0.15, 0.2) is 4.42 Å². The summed E-state index contributed by atoms with van der Waals surface area (Å²) in [5, 5.41) is 8.53. The Balaban J connectivity index is 2.58. The van der Waals surface area contributed by atoms with E-state index in [1.54, 1.807) is 0 Å². The predicted molar refractivity (Wildman–Crippen MR) is 41.4 cm³/mol. The van der Waals surface area contributed by atoms with Crippen molar-refractivity contribution in [2.24, 2.45) is 0 Å². The third kappa shape index (κ3) is 2.05. The number of aliphatic hydroxyl groups is 1. The third-order valence-electron chi connectivity index (χ3n) is 1.62. The van der Waals surface area contributed by atoms with Gasteiger partial charge in [-0.3, -0.25) is 0 Å². The van der Waals surface area contributed by atoms with Gasteiger partial charge in [-0.1, -0.05) is 0 Å². The zero-order valence-electron chi connectivity index (χ0n) is 6.92. The van der Waals surface area contributed by atoms with Crippen LogP contribution < -0.4 is 0 Å². The van der Waals surface area contributed by atoms with Crippen LogP contribution in [0.2, 0.25) is 0 Å². The lowest BCUT2D eigenvalue weighted by atomic mass is 10.3. The fraction of sp³-hybridized carbons (Fsp3) is 0.625.